The van der Waals surface area contributed by atoms with Gasteiger partial charge in [0.15, 0.2) is 11.6 Å². The standard InChI is InChI=1S/C34H55N3O8/c1-6-11-24(32(42)27(38)15-16-29(40)36-31(33(35)43)23-12-8-7-9-13-23)18-28(39)26-14-10-17-37(26)34(44)25(22(4)5)19-30(41)45-20-21(2)3/h21-26,31H,6-20H2,1-5H3,(H2,35,43)(H,36,40)/t24?,25?,26-,31?/m0/s1. The lowest BCUT2D eigenvalue weighted by Gasteiger charge is -2.30. The van der Waals surface area contributed by atoms with E-state index in [0.717, 1.165) is 32.1 Å². The second-order valence-electron chi connectivity index (χ2n) is 13.6. The van der Waals surface area contributed by atoms with Crippen molar-refractivity contribution in [2.45, 2.75) is 130 Å². The van der Waals surface area contributed by atoms with Gasteiger partial charge in [-0.3, -0.25) is 33.6 Å². The highest BCUT2D eigenvalue weighted by molar-refractivity contribution is 6.38. The lowest BCUT2D eigenvalue weighted by atomic mass is 9.83. The molecule has 45 heavy (non-hydrogen) atoms. The number of Topliss-reactive ketones (excluding diaryl/α,β-unsaturated/α-hetero) is 3. The second-order valence-corrected chi connectivity index (χ2v) is 13.6. The van der Waals surface area contributed by atoms with Crippen LogP contribution in [0.3, 0.4) is 0 Å². The van der Waals surface area contributed by atoms with E-state index in [4.69, 9.17) is 10.5 Å². The Morgan fingerprint density at radius 2 is 1.56 bits per heavy atom. The zero-order valence-corrected chi connectivity index (χ0v) is 27.9. The van der Waals surface area contributed by atoms with Crippen LogP contribution in [0.5, 0.6) is 0 Å². The highest BCUT2D eigenvalue weighted by atomic mass is 16.5. The maximum Gasteiger partial charge on any atom is 0.306 e. The zero-order chi connectivity index (χ0) is 33.7. The van der Waals surface area contributed by atoms with E-state index in [0.29, 0.717) is 32.2 Å². The van der Waals surface area contributed by atoms with Crippen LogP contribution in [0.4, 0.5) is 0 Å². The molecule has 3 N–H and O–H groups in total. The Morgan fingerprint density at radius 3 is 2.13 bits per heavy atom. The minimum atomic E-state index is -0.844. The van der Waals surface area contributed by atoms with Gasteiger partial charge >= 0.3 is 5.97 Å². The third-order valence-electron chi connectivity index (χ3n) is 9.05. The maximum atomic E-state index is 13.6. The smallest absolute Gasteiger partial charge is 0.306 e. The van der Waals surface area contributed by atoms with Gasteiger partial charge in [0.25, 0.3) is 0 Å². The Hall–Kier alpha value is -3.11. The molecule has 2 fully saturated rings. The number of amides is 3. The molecule has 1 heterocycles. The number of likely N-dealkylation sites (tertiary alicyclic amines) is 1. The van der Waals surface area contributed by atoms with Crippen LogP contribution >= 0.6 is 0 Å². The van der Waals surface area contributed by atoms with Crippen LogP contribution < -0.4 is 11.1 Å². The number of carbonyl (C=O) groups is 7. The fraction of sp³-hybridized carbons (Fsp3) is 0.794. The molecule has 0 radical (unpaired) electrons. The molecule has 2 rings (SSSR count). The summed E-state index contributed by atoms with van der Waals surface area (Å²) in [6, 6.07) is -1.52. The molecule has 1 aliphatic carbocycles. The van der Waals surface area contributed by atoms with Crippen molar-refractivity contribution < 1.29 is 38.3 Å². The van der Waals surface area contributed by atoms with Crippen LogP contribution in [-0.2, 0) is 38.3 Å². The lowest BCUT2D eigenvalue weighted by Crippen LogP contribution is -2.49. The molecule has 0 bridgehead atoms. The second kappa shape index (κ2) is 18.8. The predicted octanol–water partition coefficient (Wildman–Crippen LogP) is 3.68. The molecule has 11 nitrogen and oxygen atoms in total. The number of primary amides is 1. The topological polar surface area (TPSA) is 170 Å². The summed E-state index contributed by atoms with van der Waals surface area (Å²) >= 11 is 0. The summed E-state index contributed by atoms with van der Waals surface area (Å²) in [5, 5.41) is 2.66. The molecule has 4 atom stereocenters. The number of carbonyl (C=O) groups excluding carboxylic acids is 7. The number of esters is 1. The number of ketones is 3. The van der Waals surface area contributed by atoms with Gasteiger partial charge in [-0.1, -0.05) is 60.3 Å². The van der Waals surface area contributed by atoms with Gasteiger partial charge in [0.1, 0.15) is 6.04 Å². The molecule has 0 aromatic rings. The molecule has 1 saturated carbocycles. The van der Waals surface area contributed by atoms with E-state index in [1.165, 1.54) is 4.90 Å². The number of hydrogen-bond acceptors (Lipinski definition) is 8. The van der Waals surface area contributed by atoms with Gasteiger partial charge in [-0.25, -0.2) is 0 Å². The third kappa shape index (κ3) is 12.0. The van der Waals surface area contributed by atoms with E-state index >= 15 is 0 Å². The summed E-state index contributed by atoms with van der Waals surface area (Å²) in [5.41, 5.74) is 5.54. The van der Waals surface area contributed by atoms with Gasteiger partial charge < -0.3 is 20.7 Å². The molecular weight excluding hydrogens is 578 g/mol. The Labute approximate surface area is 268 Å². The summed E-state index contributed by atoms with van der Waals surface area (Å²) in [7, 11) is 0. The van der Waals surface area contributed by atoms with Crippen molar-refractivity contribution in [1.29, 1.82) is 0 Å². The molecule has 11 heteroatoms. The number of hydrogen-bond donors (Lipinski definition) is 2. The number of nitrogens with zero attached hydrogens (tertiary/aromatic N) is 1. The average molecular weight is 634 g/mol. The number of rotatable bonds is 19. The van der Waals surface area contributed by atoms with Crippen LogP contribution in [-0.4, -0.2) is 71.2 Å². The Morgan fingerprint density at radius 1 is 0.889 bits per heavy atom. The first-order valence-electron chi connectivity index (χ1n) is 16.9. The molecule has 0 aromatic carbocycles. The minimum Gasteiger partial charge on any atom is -0.465 e. The van der Waals surface area contributed by atoms with Gasteiger partial charge in [0, 0.05) is 31.7 Å². The molecule has 0 spiro atoms. The molecule has 1 saturated heterocycles. The van der Waals surface area contributed by atoms with Crippen LogP contribution in [0.25, 0.3) is 0 Å². The molecule has 3 unspecified atom stereocenters. The Bertz CT molecular complexity index is 1070. The summed E-state index contributed by atoms with van der Waals surface area (Å²) in [5.74, 6) is -5.03. The summed E-state index contributed by atoms with van der Waals surface area (Å²) in [6.07, 6.45) is 5.75. The van der Waals surface area contributed by atoms with Crippen LogP contribution in [0.15, 0.2) is 0 Å². The van der Waals surface area contributed by atoms with Crippen molar-refractivity contribution in [3.63, 3.8) is 0 Å². The van der Waals surface area contributed by atoms with Crippen molar-refractivity contribution in [2.75, 3.05) is 13.2 Å². The van der Waals surface area contributed by atoms with Crippen molar-refractivity contribution in [3.8, 4) is 0 Å². The largest absolute Gasteiger partial charge is 0.465 e. The van der Waals surface area contributed by atoms with E-state index in [2.05, 4.69) is 5.32 Å². The van der Waals surface area contributed by atoms with Crippen molar-refractivity contribution in [3.05, 3.63) is 0 Å². The van der Waals surface area contributed by atoms with Gasteiger partial charge in [-0.05, 0) is 49.9 Å². The average Bonchev–Trinajstić information content (AvgIpc) is 3.50. The quantitative estimate of drug-likeness (QED) is 0.160. The first-order valence-corrected chi connectivity index (χ1v) is 16.9. The van der Waals surface area contributed by atoms with E-state index in [1.54, 1.807) is 0 Å². The molecule has 254 valence electrons. The van der Waals surface area contributed by atoms with E-state index < -0.39 is 53.3 Å². The van der Waals surface area contributed by atoms with Crippen LogP contribution in [0.2, 0.25) is 0 Å². The number of ether oxygens (including phenoxy) is 1. The summed E-state index contributed by atoms with van der Waals surface area (Å²) in [4.78, 5) is 91.7. The third-order valence-corrected chi connectivity index (χ3v) is 9.05. The summed E-state index contributed by atoms with van der Waals surface area (Å²) < 4.78 is 5.30. The van der Waals surface area contributed by atoms with Crippen LogP contribution in [0, 0.1) is 29.6 Å². The van der Waals surface area contributed by atoms with Crippen molar-refractivity contribution >= 4 is 41.0 Å². The highest BCUT2D eigenvalue weighted by Gasteiger charge is 2.40. The van der Waals surface area contributed by atoms with Gasteiger partial charge in [-0.15, -0.1) is 0 Å². The van der Waals surface area contributed by atoms with E-state index in [1.807, 2.05) is 34.6 Å². The Kier molecular flexibility index (Phi) is 15.9. The zero-order valence-electron chi connectivity index (χ0n) is 27.9. The van der Waals surface area contributed by atoms with Crippen LogP contribution in [0.1, 0.15) is 118 Å². The van der Waals surface area contributed by atoms with Gasteiger partial charge in [0.2, 0.25) is 23.5 Å². The molecule has 2 aliphatic rings. The van der Waals surface area contributed by atoms with Crippen molar-refractivity contribution in [1.82, 2.24) is 10.2 Å². The molecule has 1 aliphatic heterocycles. The van der Waals surface area contributed by atoms with Crippen molar-refractivity contribution in [2.24, 2.45) is 35.3 Å². The predicted molar refractivity (Wildman–Crippen MR) is 168 cm³/mol. The number of nitrogens with two attached hydrogens (primary N) is 1. The first kappa shape index (κ1) is 38.1. The van der Waals surface area contributed by atoms with Gasteiger partial charge in [-0.2, -0.15) is 0 Å². The number of nitrogens with one attached hydrogen (secondary N) is 1. The molecule has 3 amide bonds. The minimum absolute atomic E-state index is 0.0333. The SMILES string of the molecule is CCCC(CC(=O)[C@@H]1CCCN1C(=O)C(CC(=O)OCC(C)C)C(C)C)C(=O)C(=O)CCC(=O)NC(C(N)=O)C1CCCCC1. The lowest BCUT2D eigenvalue weighted by molar-refractivity contribution is -0.152. The maximum absolute atomic E-state index is 13.6. The fourth-order valence-corrected chi connectivity index (χ4v) is 6.45. The molecular formula is C34H55N3O8. The highest BCUT2D eigenvalue weighted by Crippen LogP contribution is 2.29. The monoisotopic (exact) mass is 633 g/mol. The first-order chi connectivity index (χ1) is 21.3. The van der Waals surface area contributed by atoms with E-state index in [9.17, 15) is 33.6 Å². The normalized spacial score (nSPS) is 19.2. The molecule has 0 aromatic heterocycles. The van der Waals surface area contributed by atoms with Gasteiger partial charge in [0.05, 0.1) is 25.0 Å². The Balaban J connectivity index is 2.00. The fourth-order valence-electron chi connectivity index (χ4n) is 6.45. The van der Waals surface area contributed by atoms with E-state index in [-0.39, 0.29) is 61.7 Å². The summed E-state index contributed by atoms with van der Waals surface area (Å²) in [6.45, 7) is 10.1.